The van der Waals surface area contributed by atoms with Crippen LogP contribution in [0, 0.1) is 0 Å². The molecule has 15 heteroatoms. The normalized spacial score (nSPS) is 12.7. The Morgan fingerprint density at radius 2 is 1.64 bits per heavy atom. The number of nitrogens with two attached hydrogens (primary N) is 1. The van der Waals surface area contributed by atoms with Gasteiger partial charge in [-0.3, -0.25) is 9.88 Å². The predicted octanol–water partition coefficient (Wildman–Crippen LogP) is 6.60. The second-order valence-electron chi connectivity index (χ2n) is 9.10. The summed E-state index contributed by atoms with van der Waals surface area (Å²) in [6.45, 7) is 1.29. The lowest BCUT2D eigenvalue weighted by atomic mass is 10.0. The van der Waals surface area contributed by atoms with E-state index < -0.39 is 42.2 Å². The fourth-order valence-electron chi connectivity index (χ4n) is 4.25. The monoisotopic (exact) mass is 612 g/mol. The standard InChI is InChI=1S/C27H23ClF6N6O2/c1-16(21-4-2-3-5-22(21)28)39(11-8-35)25(41)42-24-23(18-6-9-36-10-7-18)40(38-37-24)15-17-12-19(26(29,30)31)14-20(13-17)27(32,33)34/h2-7,9-10,12-14,16H,8,11,15,35H2,1H3. The average Bonchev–Trinajstić information content (AvgIpc) is 3.32. The molecule has 2 aromatic heterocycles. The minimum atomic E-state index is -5.03. The van der Waals surface area contributed by atoms with Crippen molar-refractivity contribution in [2.24, 2.45) is 5.73 Å². The highest BCUT2D eigenvalue weighted by atomic mass is 35.5. The van der Waals surface area contributed by atoms with Crippen LogP contribution in [0.2, 0.25) is 5.02 Å². The number of nitrogens with zero attached hydrogens (tertiary/aromatic N) is 5. The molecule has 4 rings (SSSR count). The summed E-state index contributed by atoms with van der Waals surface area (Å²) in [5.74, 6) is -0.331. The van der Waals surface area contributed by atoms with Gasteiger partial charge in [-0.1, -0.05) is 40.1 Å². The van der Waals surface area contributed by atoms with Crippen molar-refractivity contribution < 1.29 is 35.9 Å². The van der Waals surface area contributed by atoms with Gasteiger partial charge in [0.05, 0.1) is 23.7 Å². The molecule has 4 aromatic rings. The van der Waals surface area contributed by atoms with Crippen LogP contribution in [0.3, 0.4) is 0 Å². The molecule has 0 saturated carbocycles. The summed E-state index contributed by atoms with van der Waals surface area (Å²) in [6.07, 6.45) is -8.15. The number of aromatic nitrogens is 4. The highest BCUT2D eigenvalue weighted by Gasteiger charge is 2.37. The van der Waals surface area contributed by atoms with Gasteiger partial charge in [0.15, 0.2) is 0 Å². The van der Waals surface area contributed by atoms with Crippen LogP contribution in [0.4, 0.5) is 31.1 Å². The number of ether oxygens (including phenoxy) is 1. The fourth-order valence-corrected chi connectivity index (χ4v) is 4.54. The molecule has 0 aliphatic carbocycles. The number of pyridine rings is 1. The fraction of sp³-hybridized carbons (Fsp3) is 0.259. The Hall–Kier alpha value is -4.17. The van der Waals surface area contributed by atoms with E-state index in [0.29, 0.717) is 28.3 Å². The molecule has 1 atom stereocenters. The van der Waals surface area contributed by atoms with Crippen molar-refractivity contribution >= 4 is 17.7 Å². The Labute approximate surface area is 240 Å². The number of hydrogen-bond donors (Lipinski definition) is 1. The highest BCUT2D eigenvalue weighted by molar-refractivity contribution is 6.31. The van der Waals surface area contributed by atoms with E-state index in [4.69, 9.17) is 22.1 Å². The molecule has 0 spiro atoms. The lowest BCUT2D eigenvalue weighted by Gasteiger charge is -2.28. The smallest absolute Gasteiger partial charge is 0.387 e. The Balaban J connectivity index is 1.73. The van der Waals surface area contributed by atoms with Gasteiger partial charge in [0.1, 0.15) is 5.69 Å². The molecular formula is C27H23ClF6N6O2. The van der Waals surface area contributed by atoms with Crippen LogP contribution >= 0.6 is 11.6 Å². The van der Waals surface area contributed by atoms with E-state index in [2.05, 4.69) is 15.3 Å². The number of halogens is 7. The van der Waals surface area contributed by atoms with Gasteiger partial charge in [0, 0.05) is 36.1 Å². The van der Waals surface area contributed by atoms with Crippen molar-refractivity contribution in [3.8, 4) is 17.1 Å². The van der Waals surface area contributed by atoms with Crippen LogP contribution in [0.5, 0.6) is 5.88 Å². The van der Waals surface area contributed by atoms with Gasteiger partial charge in [-0.25, -0.2) is 9.48 Å². The molecule has 0 radical (unpaired) electrons. The molecule has 1 amide bonds. The van der Waals surface area contributed by atoms with Crippen LogP contribution in [0.25, 0.3) is 11.3 Å². The van der Waals surface area contributed by atoms with E-state index in [-0.39, 0.29) is 36.3 Å². The van der Waals surface area contributed by atoms with Gasteiger partial charge in [-0.2, -0.15) is 26.3 Å². The number of rotatable bonds is 8. The zero-order valence-corrected chi connectivity index (χ0v) is 22.6. The third-order valence-electron chi connectivity index (χ3n) is 6.25. The molecule has 8 nitrogen and oxygen atoms in total. The molecule has 222 valence electrons. The highest BCUT2D eigenvalue weighted by Crippen LogP contribution is 2.37. The topological polar surface area (TPSA) is 99.2 Å². The van der Waals surface area contributed by atoms with E-state index in [1.165, 1.54) is 29.4 Å². The number of amides is 1. The van der Waals surface area contributed by atoms with E-state index in [1.807, 2.05) is 0 Å². The second kappa shape index (κ2) is 12.4. The molecule has 0 fully saturated rings. The van der Waals surface area contributed by atoms with Crippen molar-refractivity contribution in [2.75, 3.05) is 13.1 Å². The van der Waals surface area contributed by atoms with Gasteiger partial charge in [-0.15, -0.1) is 0 Å². The molecule has 0 saturated heterocycles. The molecule has 2 aromatic carbocycles. The SMILES string of the molecule is CC(c1ccccc1Cl)N(CCN)C(=O)Oc1nnn(Cc2cc(C(F)(F)F)cc(C(F)(F)F)c2)c1-c1ccncc1. The van der Waals surface area contributed by atoms with Crippen molar-refractivity contribution in [3.63, 3.8) is 0 Å². The summed E-state index contributed by atoms with van der Waals surface area (Å²) in [7, 11) is 0. The summed E-state index contributed by atoms with van der Waals surface area (Å²) in [5.41, 5.74) is 3.40. The Kier molecular flexibility index (Phi) is 9.06. The summed E-state index contributed by atoms with van der Waals surface area (Å²) >= 11 is 6.31. The predicted molar refractivity (Wildman–Crippen MR) is 140 cm³/mol. The van der Waals surface area contributed by atoms with Gasteiger partial charge in [-0.05, 0) is 54.4 Å². The Morgan fingerprint density at radius 1 is 1.02 bits per heavy atom. The molecular weight excluding hydrogens is 590 g/mol. The first-order valence-electron chi connectivity index (χ1n) is 12.3. The Bertz CT molecular complexity index is 1510. The van der Waals surface area contributed by atoms with E-state index in [1.54, 1.807) is 31.2 Å². The van der Waals surface area contributed by atoms with Crippen LogP contribution in [0.1, 0.15) is 35.2 Å². The average molecular weight is 613 g/mol. The van der Waals surface area contributed by atoms with E-state index >= 15 is 0 Å². The third-order valence-corrected chi connectivity index (χ3v) is 6.59. The zero-order chi connectivity index (χ0) is 30.7. The molecule has 2 N–H and O–H groups in total. The number of hydrogen-bond acceptors (Lipinski definition) is 6. The summed E-state index contributed by atoms with van der Waals surface area (Å²) < 4.78 is 87.2. The second-order valence-corrected chi connectivity index (χ2v) is 9.51. The first kappa shape index (κ1) is 30.8. The minimum Gasteiger partial charge on any atom is -0.387 e. The number of alkyl halides is 6. The van der Waals surface area contributed by atoms with Crippen molar-refractivity contribution in [1.82, 2.24) is 24.9 Å². The maximum absolute atomic E-state index is 13.4. The summed E-state index contributed by atoms with van der Waals surface area (Å²) in [4.78, 5) is 18.6. The molecule has 0 aliphatic heterocycles. The maximum atomic E-state index is 13.4. The number of carbonyl (C=O) groups is 1. The summed E-state index contributed by atoms with van der Waals surface area (Å²) in [6, 6.07) is 10.5. The molecule has 2 heterocycles. The van der Waals surface area contributed by atoms with Crippen molar-refractivity contribution in [1.29, 1.82) is 0 Å². The van der Waals surface area contributed by atoms with E-state index in [0.717, 1.165) is 4.68 Å². The molecule has 1 unspecified atom stereocenters. The first-order chi connectivity index (χ1) is 19.8. The van der Waals surface area contributed by atoms with Crippen LogP contribution < -0.4 is 10.5 Å². The zero-order valence-electron chi connectivity index (χ0n) is 21.8. The largest absolute Gasteiger partial charge is 0.417 e. The van der Waals surface area contributed by atoms with Crippen LogP contribution in [0.15, 0.2) is 67.0 Å². The van der Waals surface area contributed by atoms with E-state index in [9.17, 15) is 31.1 Å². The van der Waals surface area contributed by atoms with Gasteiger partial charge in [0.2, 0.25) is 0 Å². The number of carbonyl (C=O) groups excluding carboxylic acids is 1. The minimum absolute atomic E-state index is 0.0230. The molecule has 0 aliphatic rings. The van der Waals surface area contributed by atoms with Gasteiger partial charge < -0.3 is 10.5 Å². The van der Waals surface area contributed by atoms with Crippen LogP contribution in [-0.2, 0) is 18.9 Å². The quantitative estimate of drug-likeness (QED) is 0.225. The first-order valence-corrected chi connectivity index (χ1v) is 12.7. The maximum Gasteiger partial charge on any atom is 0.417 e. The molecule has 0 bridgehead atoms. The van der Waals surface area contributed by atoms with Crippen LogP contribution in [-0.4, -0.2) is 44.1 Å². The lowest BCUT2D eigenvalue weighted by molar-refractivity contribution is -0.143. The van der Waals surface area contributed by atoms with Crippen molar-refractivity contribution in [3.05, 3.63) is 94.3 Å². The lowest BCUT2D eigenvalue weighted by Crippen LogP contribution is -2.39. The van der Waals surface area contributed by atoms with Gasteiger partial charge >= 0.3 is 18.4 Å². The Morgan fingerprint density at radius 3 is 2.21 bits per heavy atom. The summed E-state index contributed by atoms with van der Waals surface area (Å²) in [5, 5.41) is 8.18. The number of benzene rings is 2. The van der Waals surface area contributed by atoms with Crippen molar-refractivity contribution in [2.45, 2.75) is 31.9 Å². The van der Waals surface area contributed by atoms with Gasteiger partial charge in [0.25, 0.3) is 5.88 Å². The third kappa shape index (κ3) is 6.99. The molecule has 42 heavy (non-hydrogen) atoms.